The molecule has 0 aliphatic carbocycles. The van der Waals surface area contributed by atoms with Crippen LogP contribution in [0.15, 0.2) is 91.0 Å². The highest BCUT2D eigenvalue weighted by Crippen LogP contribution is 2.26. The van der Waals surface area contributed by atoms with Crippen LogP contribution in [0.5, 0.6) is 0 Å². The van der Waals surface area contributed by atoms with Gasteiger partial charge in [0.25, 0.3) is 0 Å². The summed E-state index contributed by atoms with van der Waals surface area (Å²) >= 11 is 0. The van der Waals surface area contributed by atoms with Crippen LogP contribution in [0.3, 0.4) is 0 Å². The lowest BCUT2D eigenvalue weighted by atomic mass is 9.86. The highest BCUT2D eigenvalue weighted by atomic mass is 16.1. The lowest BCUT2D eigenvalue weighted by Gasteiger charge is -2.16. The summed E-state index contributed by atoms with van der Waals surface area (Å²) in [5.41, 5.74) is 2.75. The zero-order valence-electron chi connectivity index (χ0n) is 14.7. The summed E-state index contributed by atoms with van der Waals surface area (Å²) in [4.78, 5) is 25.3. The molecular weight excluding hydrogens is 320 g/mol. The second-order valence-corrected chi connectivity index (χ2v) is 6.51. The number of ketones is 2. The summed E-state index contributed by atoms with van der Waals surface area (Å²) in [6.07, 6.45) is 1.12. The maximum absolute atomic E-state index is 12.7. The maximum Gasteiger partial charge on any atom is 0.163 e. The van der Waals surface area contributed by atoms with Gasteiger partial charge in [-0.2, -0.15) is 0 Å². The highest BCUT2D eigenvalue weighted by molar-refractivity contribution is 5.97. The number of Topliss-reactive ketones (excluding diaryl/α,β-unsaturated/α-hetero) is 2. The van der Waals surface area contributed by atoms with Crippen molar-refractivity contribution in [2.24, 2.45) is 0 Å². The number of hydrogen-bond acceptors (Lipinski definition) is 2. The lowest BCUT2D eigenvalue weighted by Crippen LogP contribution is -2.14. The van der Waals surface area contributed by atoms with Crippen LogP contribution >= 0.6 is 0 Å². The van der Waals surface area contributed by atoms with Crippen LogP contribution in [0.25, 0.3) is 0 Å². The van der Waals surface area contributed by atoms with Gasteiger partial charge in [-0.15, -0.1) is 0 Å². The van der Waals surface area contributed by atoms with Crippen molar-refractivity contribution in [2.75, 3.05) is 0 Å². The molecule has 0 heterocycles. The fourth-order valence-electron chi connectivity index (χ4n) is 3.17. The van der Waals surface area contributed by atoms with Crippen molar-refractivity contribution < 1.29 is 9.59 Å². The largest absolute Gasteiger partial charge is 0.299 e. The molecule has 0 aliphatic rings. The van der Waals surface area contributed by atoms with Crippen molar-refractivity contribution in [1.29, 1.82) is 0 Å². The van der Waals surface area contributed by atoms with Gasteiger partial charge < -0.3 is 0 Å². The molecule has 2 heteroatoms. The molecule has 26 heavy (non-hydrogen) atoms. The molecule has 0 bridgehead atoms. The molecular formula is C24H22O2. The Morgan fingerprint density at radius 1 is 0.654 bits per heavy atom. The van der Waals surface area contributed by atoms with Crippen LogP contribution in [0, 0.1) is 0 Å². The Kier molecular flexibility index (Phi) is 6.10. The third-order valence-corrected chi connectivity index (χ3v) is 4.52. The minimum atomic E-state index is -0.0971. The van der Waals surface area contributed by atoms with Crippen LogP contribution in [0.4, 0.5) is 0 Å². The van der Waals surface area contributed by atoms with Gasteiger partial charge in [0.15, 0.2) is 5.78 Å². The van der Waals surface area contributed by atoms with Crippen LogP contribution < -0.4 is 0 Å². The van der Waals surface area contributed by atoms with Crippen molar-refractivity contribution in [1.82, 2.24) is 0 Å². The van der Waals surface area contributed by atoms with Crippen LogP contribution in [0.2, 0.25) is 0 Å². The highest BCUT2D eigenvalue weighted by Gasteiger charge is 2.20. The Morgan fingerprint density at radius 2 is 1.19 bits per heavy atom. The van der Waals surface area contributed by atoms with Gasteiger partial charge in [-0.1, -0.05) is 91.0 Å². The molecule has 0 saturated heterocycles. The third-order valence-electron chi connectivity index (χ3n) is 4.52. The molecule has 0 fully saturated rings. The number of hydrogen-bond donors (Lipinski definition) is 0. The SMILES string of the molecule is O=C(Cc1ccccc1)C[C@@H](CC(=O)c1ccccc1)c1ccccc1. The fourth-order valence-corrected chi connectivity index (χ4v) is 3.17. The van der Waals surface area contributed by atoms with Gasteiger partial charge in [-0.25, -0.2) is 0 Å². The van der Waals surface area contributed by atoms with E-state index in [1.54, 1.807) is 0 Å². The smallest absolute Gasteiger partial charge is 0.163 e. The van der Waals surface area contributed by atoms with Crippen LogP contribution in [0.1, 0.15) is 40.2 Å². The van der Waals surface area contributed by atoms with Gasteiger partial charge in [0.1, 0.15) is 5.78 Å². The van der Waals surface area contributed by atoms with E-state index in [1.807, 2.05) is 91.0 Å². The van der Waals surface area contributed by atoms with Crippen molar-refractivity contribution in [2.45, 2.75) is 25.2 Å². The molecule has 0 radical (unpaired) electrons. The molecule has 0 N–H and O–H groups in total. The molecule has 0 amide bonds. The fraction of sp³-hybridized carbons (Fsp3) is 0.167. The molecule has 3 aromatic carbocycles. The van der Waals surface area contributed by atoms with Gasteiger partial charge >= 0.3 is 0 Å². The van der Waals surface area contributed by atoms with E-state index in [1.165, 1.54) is 0 Å². The van der Waals surface area contributed by atoms with Crippen LogP contribution in [-0.2, 0) is 11.2 Å². The van der Waals surface area contributed by atoms with Gasteiger partial charge in [-0.3, -0.25) is 9.59 Å². The summed E-state index contributed by atoms with van der Waals surface area (Å²) in [6.45, 7) is 0. The first kappa shape index (κ1) is 17.8. The molecule has 1 atom stereocenters. The average Bonchev–Trinajstić information content (AvgIpc) is 2.69. The number of benzene rings is 3. The standard InChI is InChI=1S/C24H22O2/c25-23(16-19-10-4-1-5-11-19)17-22(20-12-6-2-7-13-20)18-24(26)21-14-8-3-9-15-21/h1-15,22H,16-18H2/t22-/m0/s1. The molecule has 130 valence electrons. The Bertz CT molecular complexity index is 839. The van der Waals surface area contributed by atoms with Crippen molar-refractivity contribution in [3.05, 3.63) is 108 Å². The molecule has 0 saturated carbocycles. The van der Waals surface area contributed by atoms with E-state index >= 15 is 0 Å². The summed E-state index contributed by atoms with van der Waals surface area (Å²) in [7, 11) is 0. The topological polar surface area (TPSA) is 34.1 Å². The minimum Gasteiger partial charge on any atom is -0.299 e. The van der Waals surface area contributed by atoms with E-state index < -0.39 is 0 Å². The molecule has 0 unspecified atom stereocenters. The molecule has 3 rings (SSSR count). The summed E-state index contributed by atoms with van der Waals surface area (Å²) < 4.78 is 0. The zero-order chi connectivity index (χ0) is 18.2. The van der Waals surface area contributed by atoms with Gasteiger partial charge in [-0.05, 0) is 17.0 Å². The Balaban J connectivity index is 1.73. The second kappa shape index (κ2) is 8.91. The summed E-state index contributed by atoms with van der Waals surface area (Å²) in [5, 5.41) is 0. The van der Waals surface area contributed by atoms with Crippen molar-refractivity contribution >= 4 is 11.6 Å². The van der Waals surface area contributed by atoms with Crippen molar-refractivity contribution in [3.63, 3.8) is 0 Å². The predicted molar refractivity (Wildman–Crippen MR) is 104 cm³/mol. The first-order valence-electron chi connectivity index (χ1n) is 8.91. The van der Waals surface area contributed by atoms with Gasteiger partial charge in [0, 0.05) is 24.8 Å². The van der Waals surface area contributed by atoms with E-state index in [-0.39, 0.29) is 17.5 Å². The second-order valence-electron chi connectivity index (χ2n) is 6.51. The maximum atomic E-state index is 12.7. The predicted octanol–water partition coefficient (Wildman–Crippen LogP) is 5.25. The van der Waals surface area contributed by atoms with E-state index in [9.17, 15) is 9.59 Å². The first-order chi connectivity index (χ1) is 12.7. The van der Waals surface area contributed by atoms with Gasteiger partial charge in [0.05, 0.1) is 0 Å². The third kappa shape index (κ3) is 5.00. The molecule has 0 aliphatic heterocycles. The zero-order valence-corrected chi connectivity index (χ0v) is 14.7. The Morgan fingerprint density at radius 3 is 1.81 bits per heavy atom. The monoisotopic (exact) mass is 342 g/mol. The Labute approximate surface area is 154 Å². The summed E-state index contributed by atoms with van der Waals surface area (Å²) in [6, 6.07) is 28.9. The number of carbonyl (C=O) groups is 2. The normalized spacial score (nSPS) is 11.7. The number of carbonyl (C=O) groups excluding carboxylic acids is 2. The molecule has 0 aromatic heterocycles. The molecule has 3 aromatic rings. The quantitative estimate of drug-likeness (QED) is 0.524. The average molecular weight is 342 g/mol. The summed E-state index contributed by atoms with van der Waals surface area (Å²) in [5.74, 6) is 0.137. The van der Waals surface area contributed by atoms with E-state index in [0.717, 1.165) is 11.1 Å². The van der Waals surface area contributed by atoms with Gasteiger partial charge in [0.2, 0.25) is 0 Å². The van der Waals surface area contributed by atoms with E-state index in [0.29, 0.717) is 24.8 Å². The molecule has 0 spiro atoms. The van der Waals surface area contributed by atoms with E-state index in [4.69, 9.17) is 0 Å². The lowest BCUT2D eigenvalue weighted by molar-refractivity contribution is -0.118. The Hall–Kier alpha value is -3.00. The first-order valence-corrected chi connectivity index (χ1v) is 8.91. The van der Waals surface area contributed by atoms with Crippen molar-refractivity contribution in [3.8, 4) is 0 Å². The number of rotatable bonds is 8. The minimum absolute atomic E-state index is 0.0759. The van der Waals surface area contributed by atoms with E-state index in [2.05, 4.69) is 0 Å². The van der Waals surface area contributed by atoms with Crippen LogP contribution in [-0.4, -0.2) is 11.6 Å². The molecule has 2 nitrogen and oxygen atoms in total.